The summed E-state index contributed by atoms with van der Waals surface area (Å²) >= 11 is 0. The predicted octanol–water partition coefficient (Wildman–Crippen LogP) is 2.07. The number of hydrogen-bond donors (Lipinski definition) is 2. The fourth-order valence-corrected chi connectivity index (χ4v) is 2.40. The number of ether oxygens (including phenoxy) is 1. The molecule has 0 bridgehead atoms. The maximum atomic E-state index is 12.1. The molecule has 0 aliphatic carbocycles. The Balaban J connectivity index is 1.83. The molecule has 0 spiro atoms. The number of carboxylic acids is 1. The third-order valence-corrected chi connectivity index (χ3v) is 3.81. The number of carbonyl (C=O) groups is 3. The molecule has 0 heterocycles. The van der Waals surface area contributed by atoms with Crippen LogP contribution in [-0.2, 0) is 27.4 Å². The maximum Gasteiger partial charge on any atom is 0.410 e. The summed E-state index contributed by atoms with van der Waals surface area (Å²) < 4.78 is 5.13. The van der Waals surface area contributed by atoms with Gasteiger partial charge < -0.3 is 20.1 Å². The van der Waals surface area contributed by atoms with E-state index in [-0.39, 0.29) is 19.6 Å². The van der Waals surface area contributed by atoms with Gasteiger partial charge in [0.2, 0.25) is 5.91 Å². The Labute approximate surface area is 157 Å². The van der Waals surface area contributed by atoms with E-state index in [0.29, 0.717) is 0 Å². The van der Waals surface area contributed by atoms with E-state index in [0.717, 1.165) is 16.0 Å². The number of amides is 2. The van der Waals surface area contributed by atoms with Gasteiger partial charge in [-0.05, 0) is 11.1 Å². The van der Waals surface area contributed by atoms with Crippen LogP contribution in [0.5, 0.6) is 0 Å². The number of carboxylic acid groups (broad SMARTS) is 1. The smallest absolute Gasteiger partial charge is 0.410 e. The van der Waals surface area contributed by atoms with Crippen molar-refractivity contribution in [2.45, 2.75) is 19.1 Å². The monoisotopic (exact) mass is 370 g/mol. The van der Waals surface area contributed by atoms with Crippen molar-refractivity contribution in [3.8, 4) is 0 Å². The molecule has 2 rings (SSSR count). The molecule has 2 amide bonds. The molecule has 2 aromatic carbocycles. The highest BCUT2D eigenvalue weighted by molar-refractivity contribution is 5.86. The summed E-state index contributed by atoms with van der Waals surface area (Å²) in [4.78, 5) is 36.6. The average Bonchev–Trinajstić information content (AvgIpc) is 2.67. The van der Waals surface area contributed by atoms with Gasteiger partial charge in [-0.15, -0.1) is 0 Å². The first kappa shape index (κ1) is 20.0. The molecule has 1 atom stereocenters. The Morgan fingerprint density at radius 3 is 2.11 bits per heavy atom. The number of rotatable bonds is 8. The van der Waals surface area contributed by atoms with E-state index < -0.39 is 24.0 Å². The van der Waals surface area contributed by atoms with Gasteiger partial charge in [-0.25, -0.2) is 9.59 Å². The van der Waals surface area contributed by atoms with Crippen LogP contribution in [-0.4, -0.2) is 47.6 Å². The Morgan fingerprint density at radius 2 is 1.56 bits per heavy atom. The zero-order valence-electron chi connectivity index (χ0n) is 15.0. The highest BCUT2D eigenvalue weighted by atomic mass is 16.6. The first-order valence-electron chi connectivity index (χ1n) is 8.43. The SMILES string of the molecule is CN(CC(=O)N[C@@H](Cc1ccccc1)C(=O)O)C(=O)OCc1ccccc1. The molecule has 0 fully saturated rings. The molecule has 2 aromatic rings. The standard InChI is InChI=1S/C20H22N2O5/c1-22(20(26)27-14-16-10-6-3-7-11-16)13-18(23)21-17(19(24)25)12-15-8-4-2-5-9-15/h2-11,17H,12-14H2,1H3,(H,21,23)(H,24,25)/t17-/m0/s1. The van der Waals surface area contributed by atoms with Crippen molar-refractivity contribution in [1.29, 1.82) is 0 Å². The van der Waals surface area contributed by atoms with Crippen LogP contribution < -0.4 is 5.32 Å². The van der Waals surface area contributed by atoms with Gasteiger partial charge in [0, 0.05) is 13.5 Å². The number of aliphatic carboxylic acids is 1. The number of carbonyl (C=O) groups excluding carboxylic acids is 2. The molecule has 7 heteroatoms. The van der Waals surface area contributed by atoms with Crippen molar-refractivity contribution < 1.29 is 24.2 Å². The van der Waals surface area contributed by atoms with Crippen LogP contribution in [0.3, 0.4) is 0 Å². The van der Waals surface area contributed by atoms with Crippen LogP contribution in [0.2, 0.25) is 0 Å². The zero-order valence-corrected chi connectivity index (χ0v) is 15.0. The van der Waals surface area contributed by atoms with Crippen LogP contribution >= 0.6 is 0 Å². The Kier molecular flexibility index (Phi) is 7.37. The second-order valence-corrected chi connectivity index (χ2v) is 6.04. The fourth-order valence-electron chi connectivity index (χ4n) is 2.40. The van der Waals surface area contributed by atoms with Crippen LogP contribution in [0.1, 0.15) is 11.1 Å². The van der Waals surface area contributed by atoms with E-state index in [2.05, 4.69) is 5.32 Å². The molecule has 0 saturated heterocycles. The first-order chi connectivity index (χ1) is 13.0. The minimum Gasteiger partial charge on any atom is -0.480 e. The first-order valence-corrected chi connectivity index (χ1v) is 8.43. The topological polar surface area (TPSA) is 95.9 Å². The van der Waals surface area contributed by atoms with Crippen molar-refractivity contribution in [1.82, 2.24) is 10.2 Å². The minimum atomic E-state index is -1.14. The molecular formula is C20H22N2O5. The van der Waals surface area contributed by atoms with Gasteiger partial charge in [-0.2, -0.15) is 0 Å². The summed E-state index contributed by atoms with van der Waals surface area (Å²) in [6, 6.07) is 17.1. The van der Waals surface area contributed by atoms with Crippen LogP contribution in [0.4, 0.5) is 4.79 Å². The molecule has 2 N–H and O–H groups in total. The Hall–Kier alpha value is -3.35. The van der Waals surface area contributed by atoms with Gasteiger partial charge in [-0.3, -0.25) is 4.79 Å². The van der Waals surface area contributed by atoms with E-state index in [1.165, 1.54) is 7.05 Å². The quantitative estimate of drug-likeness (QED) is 0.742. The summed E-state index contributed by atoms with van der Waals surface area (Å²) in [6.45, 7) is -0.205. The van der Waals surface area contributed by atoms with Crippen molar-refractivity contribution >= 4 is 18.0 Å². The maximum absolute atomic E-state index is 12.1. The molecule has 0 unspecified atom stereocenters. The Bertz CT molecular complexity index is 764. The molecule has 0 aliphatic rings. The molecule has 142 valence electrons. The van der Waals surface area contributed by atoms with E-state index in [1.807, 2.05) is 36.4 Å². The average molecular weight is 370 g/mol. The molecule has 0 aromatic heterocycles. The lowest BCUT2D eigenvalue weighted by molar-refractivity contribution is -0.141. The Morgan fingerprint density at radius 1 is 1.00 bits per heavy atom. The van der Waals surface area contributed by atoms with Gasteiger partial charge in [0.15, 0.2) is 0 Å². The normalized spacial score (nSPS) is 11.3. The fraction of sp³-hybridized carbons (Fsp3) is 0.250. The number of hydrogen-bond acceptors (Lipinski definition) is 4. The van der Waals surface area contributed by atoms with Gasteiger partial charge in [0.25, 0.3) is 0 Å². The largest absolute Gasteiger partial charge is 0.480 e. The second kappa shape index (κ2) is 9.96. The van der Waals surface area contributed by atoms with Crippen LogP contribution in [0.15, 0.2) is 60.7 Å². The highest BCUT2D eigenvalue weighted by Crippen LogP contribution is 2.05. The zero-order chi connectivity index (χ0) is 19.6. The number of nitrogens with zero attached hydrogens (tertiary/aromatic N) is 1. The van der Waals surface area contributed by atoms with Gasteiger partial charge in [0.05, 0.1) is 0 Å². The minimum absolute atomic E-state index is 0.0946. The van der Waals surface area contributed by atoms with Crippen molar-refractivity contribution in [2.24, 2.45) is 0 Å². The summed E-state index contributed by atoms with van der Waals surface area (Å²) in [6.07, 6.45) is -0.506. The molecule has 7 nitrogen and oxygen atoms in total. The van der Waals surface area contributed by atoms with Gasteiger partial charge in [0.1, 0.15) is 19.2 Å². The van der Waals surface area contributed by atoms with Crippen LogP contribution in [0.25, 0.3) is 0 Å². The van der Waals surface area contributed by atoms with Crippen molar-refractivity contribution in [3.05, 3.63) is 71.8 Å². The molecule has 27 heavy (non-hydrogen) atoms. The van der Waals surface area contributed by atoms with E-state index >= 15 is 0 Å². The lowest BCUT2D eigenvalue weighted by Gasteiger charge is -2.19. The predicted molar refractivity (Wildman–Crippen MR) is 99.0 cm³/mol. The third-order valence-electron chi connectivity index (χ3n) is 3.81. The lowest BCUT2D eigenvalue weighted by atomic mass is 10.1. The van der Waals surface area contributed by atoms with Gasteiger partial charge in [-0.1, -0.05) is 60.7 Å². The molecule has 0 aliphatic heterocycles. The number of likely N-dealkylation sites (N-methyl/N-ethyl adjacent to an activating group) is 1. The molecule has 0 saturated carbocycles. The molecule has 0 radical (unpaired) electrons. The summed E-state index contributed by atoms with van der Waals surface area (Å²) in [5.41, 5.74) is 1.62. The van der Waals surface area contributed by atoms with E-state index in [4.69, 9.17) is 4.74 Å². The lowest BCUT2D eigenvalue weighted by Crippen LogP contribution is -2.47. The number of nitrogens with one attached hydrogen (secondary N) is 1. The summed E-state index contributed by atoms with van der Waals surface area (Å²) in [7, 11) is 1.42. The van der Waals surface area contributed by atoms with E-state index in [1.54, 1.807) is 24.3 Å². The third kappa shape index (κ3) is 6.81. The van der Waals surface area contributed by atoms with Crippen molar-refractivity contribution in [2.75, 3.05) is 13.6 Å². The van der Waals surface area contributed by atoms with Crippen molar-refractivity contribution in [3.63, 3.8) is 0 Å². The van der Waals surface area contributed by atoms with Gasteiger partial charge >= 0.3 is 12.1 Å². The van der Waals surface area contributed by atoms with E-state index in [9.17, 15) is 19.5 Å². The highest BCUT2D eigenvalue weighted by Gasteiger charge is 2.22. The van der Waals surface area contributed by atoms with Crippen LogP contribution in [0, 0.1) is 0 Å². The summed E-state index contributed by atoms with van der Waals surface area (Å²) in [5.74, 6) is -1.71. The number of benzene rings is 2. The second-order valence-electron chi connectivity index (χ2n) is 6.04. The molecular weight excluding hydrogens is 348 g/mol. The summed E-state index contributed by atoms with van der Waals surface area (Å²) in [5, 5.41) is 11.8.